The molecule has 0 saturated carbocycles. The molecule has 0 radical (unpaired) electrons. The molecule has 0 aromatic carbocycles. The van der Waals surface area contributed by atoms with E-state index in [1.54, 1.807) is 12.4 Å². The number of piperazine rings is 1. The summed E-state index contributed by atoms with van der Waals surface area (Å²) in [6.07, 6.45) is 3.51. The van der Waals surface area contributed by atoms with Gasteiger partial charge in [0.1, 0.15) is 5.82 Å². The number of hydrogen-bond acceptors (Lipinski definition) is 8. The molecule has 0 aliphatic carbocycles. The van der Waals surface area contributed by atoms with Gasteiger partial charge in [-0.2, -0.15) is 20.0 Å². The van der Waals surface area contributed by atoms with Crippen LogP contribution >= 0.6 is 0 Å². The fourth-order valence-corrected chi connectivity index (χ4v) is 5.13. The Balaban J connectivity index is 1.52. The molecule has 0 unspecified atom stereocenters. The first kappa shape index (κ1) is 22.7. The van der Waals surface area contributed by atoms with Gasteiger partial charge >= 0.3 is 6.03 Å². The number of nitrogens with one attached hydrogen (secondary N) is 2. The van der Waals surface area contributed by atoms with Crippen LogP contribution in [-0.2, 0) is 4.74 Å². The molecule has 6 heterocycles. The third-order valence-electron chi connectivity index (χ3n) is 7.03. The Morgan fingerprint density at radius 2 is 2.03 bits per heavy atom. The van der Waals surface area contributed by atoms with Crippen LogP contribution in [0.5, 0.6) is 0 Å². The first-order valence-corrected chi connectivity index (χ1v) is 12.3. The molecule has 36 heavy (non-hydrogen) atoms. The molecule has 1 amide bonds. The van der Waals surface area contributed by atoms with Crippen molar-refractivity contribution in [2.45, 2.75) is 26.8 Å². The molecule has 2 fully saturated rings. The Morgan fingerprint density at radius 1 is 1.19 bits per heavy atom. The predicted molar refractivity (Wildman–Crippen MR) is 134 cm³/mol. The van der Waals surface area contributed by atoms with Gasteiger partial charge in [0.05, 0.1) is 53.8 Å². The van der Waals surface area contributed by atoms with Gasteiger partial charge in [0.15, 0.2) is 5.65 Å². The fraction of sp³-hybridized carbons (Fsp3) is 0.458. The largest absolute Gasteiger partial charge is 0.377 e. The molecule has 4 aromatic heterocycles. The highest BCUT2D eigenvalue weighted by atomic mass is 16.5. The number of H-pyrrole nitrogens is 1. The van der Waals surface area contributed by atoms with Crippen LogP contribution in [0.3, 0.4) is 0 Å². The van der Waals surface area contributed by atoms with Crippen molar-refractivity contribution in [1.29, 1.82) is 0 Å². The number of hydrogen-bond donors (Lipinski definition) is 2. The SMILES string of the molecule is Cc1nn(C(=O)N2CCNCC2)c(C)c1-c1cc(N2CCOC[C@H]2C)nc2c(-c3ccn[nH]3)cnn12. The second-order valence-corrected chi connectivity index (χ2v) is 9.36. The molecule has 2 aliphatic rings. The molecule has 0 bridgehead atoms. The van der Waals surface area contributed by atoms with Crippen molar-refractivity contribution in [2.75, 3.05) is 50.8 Å². The van der Waals surface area contributed by atoms with Gasteiger partial charge in [0.25, 0.3) is 0 Å². The molecule has 12 heteroatoms. The number of carbonyl (C=O) groups is 1. The molecule has 4 aromatic rings. The quantitative estimate of drug-likeness (QED) is 0.445. The minimum Gasteiger partial charge on any atom is -0.377 e. The van der Waals surface area contributed by atoms with Gasteiger partial charge in [0, 0.05) is 50.6 Å². The van der Waals surface area contributed by atoms with Crippen LogP contribution in [0, 0.1) is 13.8 Å². The van der Waals surface area contributed by atoms with E-state index in [2.05, 4.69) is 38.5 Å². The lowest BCUT2D eigenvalue weighted by molar-refractivity contribution is 0.0985. The Morgan fingerprint density at radius 3 is 2.78 bits per heavy atom. The van der Waals surface area contributed by atoms with Gasteiger partial charge in [-0.3, -0.25) is 5.10 Å². The first-order valence-electron chi connectivity index (χ1n) is 12.3. The summed E-state index contributed by atoms with van der Waals surface area (Å²) in [7, 11) is 0. The van der Waals surface area contributed by atoms with Crippen LogP contribution < -0.4 is 10.2 Å². The van der Waals surface area contributed by atoms with Crippen molar-refractivity contribution < 1.29 is 9.53 Å². The van der Waals surface area contributed by atoms with Gasteiger partial charge in [0.2, 0.25) is 0 Å². The molecule has 1 atom stereocenters. The van der Waals surface area contributed by atoms with Gasteiger partial charge < -0.3 is 19.9 Å². The number of anilines is 1. The normalized spacial score (nSPS) is 18.8. The van der Waals surface area contributed by atoms with Crippen LogP contribution in [0.2, 0.25) is 0 Å². The average Bonchev–Trinajstić information content (AvgIpc) is 3.63. The lowest BCUT2D eigenvalue weighted by Gasteiger charge is -2.34. The zero-order valence-corrected chi connectivity index (χ0v) is 20.7. The van der Waals surface area contributed by atoms with E-state index >= 15 is 0 Å². The van der Waals surface area contributed by atoms with E-state index in [-0.39, 0.29) is 12.1 Å². The van der Waals surface area contributed by atoms with Crippen molar-refractivity contribution in [1.82, 2.24) is 44.8 Å². The topological polar surface area (TPSA) is 122 Å². The van der Waals surface area contributed by atoms with E-state index in [0.717, 1.165) is 59.4 Å². The van der Waals surface area contributed by atoms with Crippen LogP contribution in [0.25, 0.3) is 28.2 Å². The van der Waals surface area contributed by atoms with Crippen LogP contribution in [-0.4, -0.2) is 97.5 Å². The van der Waals surface area contributed by atoms with Gasteiger partial charge in [-0.25, -0.2) is 14.3 Å². The van der Waals surface area contributed by atoms with Crippen LogP contribution in [0.15, 0.2) is 24.5 Å². The number of morpholine rings is 1. The maximum Gasteiger partial charge on any atom is 0.345 e. The summed E-state index contributed by atoms with van der Waals surface area (Å²) in [4.78, 5) is 22.5. The zero-order valence-electron chi connectivity index (χ0n) is 20.7. The Kier molecular flexibility index (Phi) is 5.69. The minimum absolute atomic E-state index is 0.103. The summed E-state index contributed by atoms with van der Waals surface area (Å²) >= 11 is 0. The maximum absolute atomic E-state index is 13.3. The third-order valence-corrected chi connectivity index (χ3v) is 7.03. The number of carbonyl (C=O) groups excluding carboxylic acids is 1. The van der Waals surface area contributed by atoms with Gasteiger partial charge in [-0.15, -0.1) is 0 Å². The van der Waals surface area contributed by atoms with E-state index in [1.165, 1.54) is 4.68 Å². The van der Waals surface area contributed by atoms with E-state index in [0.29, 0.717) is 32.0 Å². The summed E-state index contributed by atoms with van der Waals surface area (Å²) < 4.78 is 9.03. The van der Waals surface area contributed by atoms with Crippen LogP contribution in [0.1, 0.15) is 18.3 Å². The average molecular weight is 491 g/mol. The highest BCUT2D eigenvalue weighted by Gasteiger charge is 2.28. The summed E-state index contributed by atoms with van der Waals surface area (Å²) in [6, 6.07) is 4.03. The molecule has 188 valence electrons. The smallest absolute Gasteiger partial charge is 0.345 e. The second kappa shape index (κ2) is 9.03. The molecule has 2 N–H and O–H groups in total. The summed E-state index contributed by atoms with van der Waals surface area (Å²) in [5.41, 5.74) is 5.68. The number of fused-ring (bicyclic) bond motifs is 1. The van der Waals surface area contributed by atoms with Crippen molar-refractivity contribution in [3.05, 3.63) is 35.9 Å². The van der Waals surface area contributed by atoms with Crippen LogP contribution in [0.4, 0.5) is 10.6 Å². The van der Waals surface area contributed by atoms with Crippen molar-refractivity contribution >= 4 is 17.5 Å². The number of aryl methyl sites for hydroxylation is 1. The molecular formula is C24H30N10O2. The van der Waals surface area contributed by atoms with E-state index in [4.69, 9.17) is 14.8 Å². The lowest BCUT2D eigenvalue weighted by atomic mass is 10.1. The Labute approximate surface area is 208 Å². The number of aromatic amines is 1. The van der Waals surface area contributed by atoms with Crippen molar-refractivity contribution in [2.24, 2.45) is 0 Å². The maximum atomic E-state index is 13.3. The number of nitrogens with zero attached hydrogens (tertiary/aromatic N) is 8. The molecular weight excluding hydrogens is 460 g/mol. The van der Waals surface area contributed by atoms with Gasteiger partial charge in [-0.05, 0) is 26.8 Å². The van der Waals surface area contributed by atoms with E-state index in [1.807, 2.05) is 29.3 Å². The third kappa shape index (κ3) is 3.73. The van der Waals surface area contributed by atoms with E-state index in [9.17, 15) is 4.79 Å². The van der Waals surface area contributed by atoms with E-state index < -0.39 is 0 Å². The standard InChI is InChI=1S/C24H30N10O2/c1-15-14-36-11-10-32(15)21-12-20(34-23(28-21)18(13-27-34)19-4-5-26-29-19)22-16(2)30-33(17(22)3)24(35)31-8-6-25-7-9-31/h4-5,12-13,15,25H,6-11,14H2,1-3H3,(H,26,29)/t15-/m1/s1. The summed E-state index contributed by atoms with van der Waals surface area (Å²) in [6.45, 7) is 11.0. The molecule has 2 saturated heterocycles. The number of amides is 1. The predicted octanol–water partition coefficient (Wildman–Crippen LogP) is 1.70. The van der Waals surface area contributed by atoms with Crippen molar-refractivity contribution in [3.63, 3.8) is 0 Å². The second-order valence-electron chi connectivity index (χ2n) is 9.36. The number of aromatic nitrogens is 7. The lowest BCUT2D eigenvalue weighted by Crippen LogP contribution is -2.48. The highest BCUT2D eigenvalue weighted by molar-refractivity contribution is 5.83. The highest BCUT2D eigenvalue weighted by Crippen LogP contribution is 2.33. The Bertz CT molecular complexity index is 1400. The fourth-order valence-electron chi connectivity index (χ4n) is 5.13. The molecule has 0 spiro atoms. The van der Waals surface area contributed by atoms with Gasteiger partial charge in [-0.1, -0.05) is 0 Å². The zero-order chi connectivity index (χ0) is 24.8. The Hall–Kier alpha value is -3.77. The monoisotopic (exact) mass is 490 g/mol. The summed E-state index contributed by atoms with van der Waals surface area (Å²) in [5, 5.41) is 19.8. The molecule has 6 rings (SSSR count). The van der Waals surface area contributed by atoms with Crippen molar-refractivity contribution in [3.8, 4) is 22.5 Å². The number of ether oxygens (including phenoxy) is 1. The minimum atomic E-state index is -0.103. The summed E-state index contributed by atoms with van der Waals surface area (Å²) in [5.74, 6) is 0.842. The molecule has 2 aliphatic heterocycles. The first-order chi connectivity index (χ1) is 17.5. The molecule has 12 nitrogen and oxygen atoms in total. The number of rotatable bonds is 3.